The summed E-state index contributed by atoms with van der Waals surface area (Å²) in [6.45, 7) is 0. The highest BCUT2D eigenvalue weighted by molar-refractivity contribution is 5.71. The fraction of sp³-hybridized carbons (Fsp3) is 0. The molecule has 0 atom stereocenters. The fourth-order valence-corrected chi connectivity index (χ4v) is 1.49. The van der Waals surface area contributed by atoms with Crippen LogP contribution in [-0.2, 0) is 0 Å². The Morgan fingerprint density at radius 2 is 1.24 bits per heavy atom. The van der Waals surface area contributed by atoms with Crippen LogP contribution in [0.3, 0.4) is 0 Å². The number of rotatable bonds is 2. The lowest BCUT2D eigenvalue weighted by atomic mass is 10.1. The average Bonchev–Trinajstić information content (AvgIpc) is 2.36. The highest BCUT2D eigenvalue weighted by atomic mass is 16.9. The highest BCUT2D eigenvalue weighted by Crippen LogP contribution is 2.22. The lowest BCUT2D eigenvalue weighted by molar-refractivity contribution is -0.742. The van der Waals surface area contributed by atoms with Crippen molar-refractivity contribution in [3.8, 4) is 17.2 Å². The Hall–Kier alpha value is -3.22. The van der Waals surface area contributed by atoms with Crippen LogP contribution in [0, 0.1) is 10.1 Å². The maximum absolute atomic E-state index is 9.30. The summed E-state index contributed by atoms with van der Waals surface area (Å²) in [7, 11) is 0. The predicted molar refractivity (Wildman–Crippen MR) is 75.6 cm³/mol. The molecule has 2 rings (SSSR count). The van der Waals surface area contributed by atoms with E-state index < -0.39 is 5.09 Å². The molecule has 110 valence electrons. The molecule has 0 radical (unpaired) electrons. The van der Waals surface area contributed by atoms with Crippen molar-refractivity contribution < 1.29 is 25.6 Å². The summed E-state index contributed by atoms with van der Waals surface area (Å²) in [5, 5.41) is 41.4. The molecule has 0 bridgehead atoms. The van der Waals surface area contributed by atoms with Crippen molar-refractivity contribution in [3.05, 3.63) is 63.7 Å². The SMILES string of the molecule is O=[N+]([O-])O.Oc1ccc(C=Cc2cc(O)cc(O)c2)cc1. The minimum atomic E-state index is -1.50. The Bertz CT molecular complexity index is 612. The number of phenolic OH excluding ortho intramolecular Hbond substituents is 3. The van der Waals surface area contributed by atoms with Gasteiger partial charge in [0.05, 0.1) is 0 Å². The van der Waals surface area contributed by atoms with E-state index in [9.17, 15) is 10.2 Å². The Labute approximate surface area is 119 Å². The number of hydrogen-bond acceptors (Lipinski definition) is 5. The molecule has 4 N–H and O–H groups in total. The molecule has 2 aromatic rings. The summed E-state index contributed by atoms with van der Waals surface area (Å²) < 4.78 is 0. The molecule has 7 nitrogen and oxygen atoms in total. The first-order chi connectivity index (χ1) is 9.86. The maximum Gasteiger partial charge on any atom is 0.291 e. The number of hydrogen-bond donors (Lipinski definition) is 4. The molecular formula is C14H13NO6. The standard InChI is InChI=1S/C14H12O3.HNO3/c15-12-5-3-10(4-6-12)1-2-11-7-13(16)9-14(17)8-11;2-1(3)4/h1-9,15-17H;(H,2,3,4). The molecule has 0 heterocycles. The summed E-state index contributed by atoms with van der Waals surface area (Å²) in [4.78, 5) is 8.36. The highest BCUT2D eigenvalue weighted by Gasteiger charge is 1.95. The Balaban J connectivity index is 0.000000491. The van der Waals surface area contributed by atoms with Gasteiger partial charge in [0, 0.05) is 6.07 Å². The number of aromatic hydroxyl groups is 3. The second-order valence-corrected chi connectivity index (χ2v) is 3.95. The van der Waals surface area contributed by atoms with Crippen LogP contribution in [0.15, 0.2) is 42.5 Å². The average molecular weight is 291 g/mol. The van der Waals surface area contributed by atoms with Crippen molar-refractivity contribution in [1.82, 2.24) is 0 Å². The number of nitrogens with zero attached hydrogens (tertiary/aromatic N) is 1. The number of benzene rings is 2. The molecule has 0 fully saturated rings. The van der Waals surface area contributed by atoms with Crippen molar-refractivity contribution in [2.24, 2.45) is 0 Å². The van der Waals surface area contributed by atoms with Crippen molar-refractivity contribution in [2.75, 3.05) is 0 Å². The molecule has 0 saturated heterocycles. The largest absolute Gasteiger partial charge is 0.508 e. The first-order valence-electron chi connectivity index (χ1n) is 5.70. The van der Waals surface area contributed by atoms with Gasteiger partial charge in [0.15, 0.2) is 0 Å². The first kappa shape index (κ1) is 15.8. The normalized spacial score (nSPS) is 9.90. The van der Waals surface area contributed by atoms with Crippen molar-refractivity contribution in [2.45, 2.75) is 0 Å². The van der Waals surface area contributed by atoms with Crippen molar-refractivity contribution >= 4 is 12.2 Å². The quantitative estimate of drug-likeness (QED) is 0.383. The van der Waals surface area contributed by atoms with Crippen LogP contribution in [0.2, 0.25) is 0 Å². The van der Waals surface area contributed by atoms with Gasteiger partial charge in [-0.1, -0.05) is 24.3 Å². The van der Waals surface area contributed by atoms with Gasteiger partial charge >= 0.3 is 0 Å². The topological polar surface area (TPSA) is 124 Å². The van der Waals surface area contributed by atoms with Crippen molar-refractivity contribution in [1.29, 1.82) is 0 Å². The minimum absolute atomic E-state index is 0.0235. The molecule has 21 heavy (non-hydrogen) atoms. The van der Waals surface area contributed by atoms with Gasteiger partial charge in [-0.05, 0) is 35.4 Å². The van der Waals surface area contributed by atoms with Crippen LogP contribution in [0.1, 0.15) is 11.1 Å². The smallest absolute Gasteiger partial charge is 0.291 e. The van der Waals surface area contributed by atoms with E-state index in [1.807, 2.05) is 6.08 Å². The molecule has 0 spiro atoms. The van der Waals surface area contributed by atoms with Gasteiger partial charge in [0.25, 0.3) is 5.09 Å². The molecule has 0 unspecified atom stereocenters. The molecule has 2 aromatic carbocycles. The van der Waals surface area contributed by atoms with Crippen LogP contribution < -0.4 is 0 Å². The summed E-state index contributed by atoms with van der Waals surface area (Å²) in [5.74, 6) is 0.267. The van der Waals surface area contributed by atoms with Crippen LogP contribution >= 0.6 is 0 Å². The van der Waals surface area contributed by atoms with E-state index in [2.05, 4.69) is 0 Å². The molecule has 0 aliphatic heterocycles. The van der Waals surface area contributed by atoms with E-state index in [4.69, 9.17) is 20.4 Å². The molecule has 7 heteroatoms. The van der Waals surface area contributed by atoms with Gasteiger partial charge in [-0.15, -0.1) is 10.1 Å². The first-order valence-corrected chi connectivity index (χ1v) is 5.70. The summed E-state index contributed by atoms with van der Waals surface area (Å²) in [5.41, 5.74) is 1.63. The van der Waals surface area contributed by atoms with Gasteiger partial charge in [0.1, 0.15) is 17.2 Å². The third kappa shape index (κ3) is 6.48. The molecule has 0 saturated carbocycles. The van der Waals surface area contributed by atoms with Gasteiger partial charge in [-0.2, -0.15) is 0 Å². The summed E-state index contributed by atoms with van der Waals surface area (Å²) >= 11 is 0. The molecule has 0 aliphatic carbocycles. The molecule has 0 aliphatic rings. The zero-order valence-electron chi connectivity index (χ0n) is 10.7. The Kier molecular flexibility index (Phi) is 5.57. The maximum atomic E-state index is 9.30. The molecule has 0 aromatic heterocycles. The second-order valence-electron chi connectivity index (χ2n) is 3.95. The van der Waals surface area contributed by atoms with E-state index in [-0.39, 0.29) is 17.2 Å². The Morgan fingerprint density at radius 1 is 0.810 bits per heavy atom. The van der Waals surface area contributed by atoms with E-state index in [1.54, 1.807) is 42.5 Å². The summed E-state index contributed by atoms with van der Waals surface area (Å²) in [6.07, 6.45) is 3.60. The zero-order chi connectivity index (χ0) is 15.8. The van der Waals surface area contributed by atoms with Gasteiger partial charge in [-0.25, -0.2) is 0 Å². The van der Waals surface area contributed by atoms with Crippen LogP contribution in [0.5, 0.6) is 17.2 Å². The molecular weight excluding hydrogens is 278 g/mol. The van der Waals surface area contributed by atoms with Gasteiger partial charge in [0.2, 0.25) is 0 Å². The lowest BCUT2D eigenvalue weighted by Gasteiger charge is -1.98. The Morgan fingerprint density at radius 3 is 1.71 bits per heavy atom. The predicted octanol–water partition coefficient (Wildman–Crippen LogP) is 2.63. The van der Waals surface area contributed by atoms with Crippen LogP contribution in [0.4, 0.5) is 0 Å². The van der Waals surface area contributed by atoms with E-state index in [1.165, 1.54) is 6.07 Å². The van der Waals surface area contributed by atoms with E-state index >= 15 is 0 Å². The third-order valence-corrected chi connectivity index (χ3v) is 2.29. The van der Waals surface area contributed by atoms with E-state index in [0.29, 0.717) is 5.56 Å². The van der Waals surface area contributed by atoms with Crippen LogP contribution in [-0.4, -0.2) is 25.6 Å². The van der Waals surface area contributed by atoms with Crippen molar-refractivity contribution in [3.63, 3.8) is 0 Å². The fourth-order valence-electron chi connectivity index (χ4n) is 1.49. The van der Waals surface area contributed by atoms with Gasteiger partial charge in [-0.3, -0.25) is 0 Å². The monoisotopic (exact) mass is 291 g/mol. The summed E-state index contributed by atoms with van der Waals surface area (Å²) in [6, 6.07) is 11.1. The van der Waals surface area contributed by atoms with Gasteiger partial charge < -0.3 is 20.5 Å². The van der Waals surface area contributed by atoms with E-state index in [0.717, 1.165) is 5.56 Å². The lowest BCUT2D eigenvalue weighted by Crippen LogP contribution is -1.81. The van der Waals surface area contributed by atoms with Crippen LogP contribution in [0.25, 0.3) is 12.2 Å². The second kappa shape index (κ2) is 7.39. The molecule has 0 amide bonds. The third-order valence-electron chi connectivity index (χ3n) is 2.29. The zero-order valence-corrected chi connectivity index (χ0v) is 10.7. The number of phenols is 3. The minimum Gasteiger partial charge on any atom is -0.508 e.